The fourth-order valence-corrected chi connectivity index (χ4v) is 4.09. The Morgan fingerprint density at radius 1 is 1.14 bits per heavy atom. The maximum Gasteiger partial charge on any atom is 0.321 e. The molecule has 2 saturated heterocycles. The van der Waals surface area contributed by atoms with Gasteiger partial charge in [0.15, 0.2) is 0 Å². The first-order valence-electron chi connectivity index (χ1n) is 11.7. The van der Waals surface area contributed by atoms with Gasteiger partial charge in [0.1, 0.15) is 11.6 Å². The number of ether oxygens (including phenoxy) is 2. The molecule has 3 heterocycles. The molecule has 2 amide bonds. The molecule has 2 N–H and O–H groups in total. The van der Waals surface area contributed by atoms with Crippen molar-refractivity contribution in [3.63, 3.8) is 0 Å². The van der Waals surface area contributed by atoms with Gasteiger partial charge in [-0.2, -0.15) is 0 Å². The molecule has 2 aliphatic rings. The summed E-state index contributed by atoms with van der Waals surface area (Å²) >= 11 is 0. The van der Waals surface area contributed by atoms with Gasteiger partial charge < -0.3 is 29.9 Å². The fourth-order valence-electron chi connectivity index (χ4n) is 4.09. The quantitative estimate of drug-likeness (QED) is 0.427. The molecule has 1 aromatic carbocycles. The van der Waals surface area contributed by atoms with Gasteiger partial charge in [-0.25, -0.2) is 9.78 Å². The molecule has 4 rings (SSSR count). The van der Waals surface area contributed by atoms with Gasteiger partial charge in [-0.1, -0.05) is 6.07 Å². The molecule has 12 heteroatoms. The first-order valence-corrected chi connectivity index (χ1v) is 11.7. The highest BCUT2D eigenvalue weighted by molar-refractivity contribution is 5.89. The number of morpholine rings is 1. The maximum absolute atomic E-state index is 12.7. The molecule has 0 bridgehead atoms. The van der Waals surface area contributed by atoms with E-state index in [0.29, 0.717) is 63.2 Å². The lowest BCUT2D eigenvalue weighted by Gasteiger charge is -2.35. The van der Waals surface area contributed by atoms with E-state index in [4.69, 9.17) is 9.47 Å². The summed E-state index contributed by atoms with van der Waals surface area (Å²) in [7, 11) is 1.58. The van der Waals surface area contributed by atoms with Crippen molar-refractivity contribution in [1.82, 2.24) is 14.8 Å². The summed E-state index contributed by atoms with van der Waals surface area (Å²) in [6.07, 6.45) is 0. The van der Waals surface area contributed by atoms with E-state index in [1.54, 1.807) is 24.1 Å². The first kappa shape index (κ1) is 24.5. The average Bonchev–Trinajstić information content (AvgIpc) is 2.89. The number of benzene rings is 1. The van der Waals surface area contributed by atoms with Crippen molar-refractivity contribution >= 4 is 29.0 Å². The Labute approximate surface area is 203 Å². The van der Waals surface area contributed by atoms with E-state index in [1.807, 2.05) is 23.1 Å². The van der Waals surface area contributed by atoms with Crippen molar-refractivity contribution in [3.8, 4) is 5.75 Å². The second-order valence-corrected chi connectivity index (χ2v) is 8.31. The molecule has 0 spiro atoms. The molecule has 1 aromatic heterocycles. The minimum Gasteiger partial charge on any atom is -0.497 e. The number of hydrogen-bond acceptors (Lipinski definition) is 9. The van der Waals surface area contributed by atoms with Crippen LogP contribution in [0.5, 0.6) is 5.75 Å². The SMILES string of the molecule is COc1cccc(NC(=O)N2CCN(c3ccc([N+](=O)[O-])c(NCCN4CCOCC4)n3)CC2)c1. The van der Waals surface area contributed by atoms with Crippen molar-refractivity contribution in [2.45, 2.75) is 0 Å². The van der Waals surface area contributed by atoms with E-state index in [1.165, 1.54) is 6.07 Å². The van der Waals surface area contributed by atoms with Gasteiger partial charge in [0, 0.05) is 70.2 Å². The van der Waals surface area contributed by atoms with Crippen LogP contribution in [-0.4, -0.2) is 98.4 Å². The minimum absolute atomic E-state index is 0.0490. The van der Waals surface area contributed by atoms with Crippen molar-refractivity contribution in [2.24, 2.45) is 0 Å². The summed E-state index contributed by atoms with van der Waals surface area (Å²) in [4.78, 5) is 34.3. The highest BCUT2D eigenvalue weighted by Crippen LogP contribution is 2.26. The summed E-state index contributed by atoms with van der Waals surface area (Å²) in [5, 5.41) is 17.5. The molecule has 0 atom stereocenters. The van der Waals surface area contributed by atoms with E-state index in [9.17, 15) is 14.9 Å². The third-order valence-corrected chi connectivity index (χ3v) is 6.09. The number of hydrogen-bond donors (Lipinski definition) is 2. The predicted molar refractivity (Wildman–Crippen MR) is 132 cm³/mol. The lowest BCUT2D eigenvalue weighted by atomic mass is 10.3. The standard InChI is InChI=1S/C23H31N7O5/c1-34-19-4-2-3-18(17-19)25-23(31)29-11-9-28(10-12-29)21-6-5-20(30(32)33)22(26-21)24-7-8-27-13-15-35-16-14-27/h2-6,17H,7-16H2,1H3,(H,24,26)(H,25,31). The maximum atomic E-state index is 12.7. The van der Waals surface area contributed by atoms with Gasteiger partial charge in [0.25, 0.3) is 0 Å². The van der Waals surface area contributed by atoms with Crippen LogP contribution in [0.15, 0.2) is 36.4 Å². The van der Waals surface area contributed by atoms with Gasteiger partial charge in [-0.15, -0.1) is 0 Å². The Balaban J connectivity index is 1.33. The molecule has 2 aromatic rings. The Hall–Kier alpha value is -3.64. The van der Waals surface area contributed by atoms with Crippen molar-refractivity contribution < 1.29 is 19.2 Å². The van der Waals surface area contributed by atoms with Crippen LogP contribution in [0.25, 0.3) is 0 Å². The highest BCUT2D eigenvalue weighted by Gasteiger charge is 2.24. The second kappa shape index (κ2) is 11.7. The predicted octanol–water partition coefficient (Wildman–Crippen LogP) is 2.10. The lowest BCUT2D eigenvalue weighted by Crippen LogP contribution is -2.50. The van der Waals surface area contributed by atoms with Gasteiger partial charge in [-0.05, 0) is 18.2 Å². The van der Waals surface area contributed by atoms with E-state index in [-0.39, 0.29) is 17.5 Å². The van der Waals surface area contributed by atoms with Crippen molar-refractivity contribution in [1.29, 1.82) is 0 Å². The number of rotatable bonds is 8. The van der Waals surface area contributed by atoms with Crippen LogP contribution in [0, 0.1) is 10.1 Å². The monoisotopic (exact) mass is 485 g/mol. The van der Waals surface area contributed by atoms with E-state index < -0.39 is 4.92 Å². The van der Waals surface area contributed by atoms with Crippen LogP contribution in [0.2, 0.25) is 0 Å². The number of anilines is 3. The molecule has 0 radical (unpaired) electrons. The molecule has 12 nitrogen and oxygen atoms in total. The number of methoxy groups -OCH3 is 1. The zero-order valence-electron chi connectivity index (χ0n) is 19.8. The van der Waals surface area contributed by atoms with Crippen LogP contribution >= 0.6 is 0 Å². The van der Waals surface area contributed by atoms with Gasteiger partial charge in [-0.3, -0.25) is 15.0 Å². The number of piperazine rings is 1. The molecule has 188 valence electrons. The molecular formula is C23H31N7O5. The molecule has 0 unspecified atom stereocenters. The highest BCUT2D eigenvalue weighted by atomic mass is 16.6. The van der Waals surface area contributed by atoms with Gasteiger partial charge >= 0.3 is 11.7 Å². The largest absolute Gasteiger partial charge is 0.497 e. The van der Waals surface area contributed by atoms with Crippen molar-refractivity contribution in [2.75, 3.05) is 88.2 Å². The number of aromatic nitrogens is 1. The van der Waals surface area contributed by atoms with E-state index in [0.717, 1.165) is 19.6 Å². The fraction of sp³-hybridized carbons (Fsp3) is 0.478. The summed E-state index contributed by atoms with van der Waals surface area (Å²) in [6.45, 7) is 6.59. The van der Waals surface area contributed by atoms with Gasteiger partial charge in [0.2, 0.25) is 5.82 Å². The number of nitro groups is 1. The Morgan fingerprint density at radius 3 is 2.63 bits per heavy atom. The molecular weight excluding hydrogens is 454 g/mol. The summed E-state index contributed by atoms with van der Waals surface area (Å²) in [6, 6.07) is 10.2. The normalized spacial score (nSPS) is 16.6. The molecule has 0 aliphatic carbocycles. The lowest BCUT2D eigenvalue weighted by molar-refractivity contribution is -0.384. The second-order valence-electron chi connectivity index (χ2n) is 8.31. The van der Waals surface area contributed by atoms with Crippen LogP contribution in [0.4, 0.5) is 27.8 Å². The van der Waals surface area contributed by atoms with Crippen LogP contribution in [0.1, 0.15) is 0 Å². The van der Waals surface area contributed by atoms with E-state index in [2.05, 4.69) is 20.5 Å². The molecule has 0 saturated carbocycles. The number of amides is 2. The number of carbonyl (C=O) groups is 1. The Morgan fingerprint density at radius 2 is 1.91 bits per heavy atom. The molecule has 35 heavy (non-hydrogen) atoms. The third kappa shape index (κ3) is 6.49. The van der Waals surface area contributed by atoms with Crippen LogP contribution in [0.3, 0.4) is 0 Å². The Kier molecular flexibility index (Phi) is 8.16. The third-order valence-electron chi connectivity index (χ3n) is 6.09. The number of nitrogens with one attached hydrogen (secondary N) is 2. The minimum atomic E-state index is -0.422. The number of pyridine rings is 1. The van der Waals surface area contributed by atoms with Gasteiger partial charge in [0.05, 0.1) is 25.2 Å². The average molecular weight is 486 g/mol. The zero-order valence-corrected chi connectivity index (χ0v) is 19.8. The summed E-state index contributed by atoms with van der Waals surface area (Å²) in [5.74, 6) is 1.59. The number of urea groups is 1. The molecule has 2 fully saturated rings. The van der Waals surface area contributed by atoms with Crippen LogP contribution in [-0.2, 0) is 4.74 Å². The summed E-state index contributed by atoms with van der Waals surface area (Å²) < 4.78 is 10.6. The first-order chi connectivity index (χ1) is 17.0. The summed E-state index contributed by atoms with van der Waals surface area (Å²) in [5.41, 5.74) is 0.619. The van der Waals surface area contributed by atoms with E-state index >= 15 is 0 Å². The Bertz CT molecular complexity index is 1020. The molecule has 2 aliphatic heterocycles. The smallest absolute Gasteiger partial charge is 0.321 e. The number of carbonyl (C=O) groups excluding carboxylic acids is 1. The number of nitrogens with zero attached hydrogens (tertiary/aromatic N) is 5. The van der Waals surface area contributed by atoms with Crippen LogP contribution < -0.4 is 20.3 Å². The zero-order chi connectivity index (χ0) is 24.6. The van der Waals surface area contributed by atoms with Crippen molar-refractivity contribution in [3.05, 3.63) is 46.5 Å². The topological polar surface area (TPSA) is 125 Å².